The Morgan fingerprint density at radius 3 is 2.72 bits per heavy atom. The summed E-state index contributed by atoms with van der Waals surface area (Å²) in [6.07, 6.45) is 9.75. The van der Waals surface area contributed by atoms with Crippen LogP contribution in [0.5, 0.6) is 5.88 Å². The van der Waals surface area contributed by atoms with Crippen LogP contribution in [0.15, 0.2) is 6.07 Å². The number of fused-ring (bicyclic) bond motifs is 2. The van der Waals surface area contributed by atoms with Crippen molar-refractivity contribution in [2.45, 2.75) is 64.0 Å². The lowest BCUT2D eigenvalue weighted by Crippen LogP contribution is -2.24. The fourth-order valence-electron chi connectivity index (χ4n) is 4.61. The van der Waals surface area contributed by atoms with Crippen LogP contribution in [0.25, 0.3) is 11.0 Å². The van der Waals surface area contributed by atoms with Gasteiger partial charge in [0.1, 0.15) is 5.52 Å². The second kappa shape index (κ2) is 8.44. The van der Waals surface area contributed by atoms with Crippen LogP contribution in [-0.4, -0.2) is 54.3 Å². The third kappa shape index (κ3) is 4.19. The molecule has 0 aromatic carbocycles. The van der Waals surface area contributed by atoms with E-state index in [1.165, 1.54) is 68.6 Å². The molecule has 1 N–H and O–H groups in total. The number of nitrogens with zero attached hydrogens (tertiary/aromatic N) is 3. The zero-order chi connectivity index (χ0) is 19.6. The Morgan fingerprint density at radius 2 is 1.93 bits per heavy atom. The molecule has 3 heterocycles. The summed E-state index contributed by atoms with van der Waals surface area (Å²) in [6, 6.07) is 2.72. The number of nitrogens with one attached hydrogen (secondary N) is 1. The highest BCUT2D eigenvalue weighted by molar-refractivity contribution is 5.91. The second-order valence-corrected chi connectivity index (χ2v) is 8.66. The molecule has 2 aromatic heterocycles. The number of hydrogen-bond donors (Lipinski definition) is 1. The molecule has 1 aliphatic heterocycles. The lowest BCUT2D eigenvalue weighted by molar-refractivity contribution is 0.0975. The van der Waals surface area contributed by atoms with Gasteiger partial charge in [0, 0.05) is 23.8 Å². The highest BCUT2D eigenvalue weighted by atomic mass is 16.5. The maximum Gasteiger partial charge on any atom is 0.219 e. The number of methoxy groups -OCH3 is 1. The summed E-state index contributed by atoms with van der Waals surface area (Å²) in [7, 11) is 1.70. The normalized spacial score (nSPS) is 19.5. The molecule has 0 amide bonds. The Hall–Kier alpha value is -1.92. The maximum absolute atomic E-state index is 5.99. The average molecular weight is 397 g/mol. The Balaban J connectivity index is 1.40. The number of hydrogen-bond acceptors (Lipinski definition) is 6. The van der Waals surface area contributed by atoms with Gasteiger partial charge in [-0.3, -0.25) is 4.98 Å². The highest BCUT2D eigenvalue weighted by Gasteiger charge is 2.27. The number of anilines is 1. The number of aryl methyl sites for hydroxylation is 1. The first-order chi connectivity index (χ1) is 14.3. The minimum Gasteiger partial charge on any atom is -0.481 e. The Kier molecular flexibility index (Phi) is 5.55. The Labute approximate surface area is 173 Å². The molecule has 0 radical (unpaired) electrons. The summed E-state index contributed by atoms with van der Waals surface area (Å²) in [6.45, 7) is 4.67. The minimum absolute atomic E-state index is 0.518. The predicted octanol–water partition coefficient (Wildman–Crippen LogP) is 3.70. The standard InChI is InChI=1S/C23H32N4O2/c1-28-23-16(15-29-13-12-27-10-4-5-11-27)14-20-22(26-23)21(24-17-8-9-17)18-6-2-3-7-19(18)25-20/h14,17H,2-13,15H2,1H3,(H,24,25). The van der Waals surface area contributed by atoms with E-state index in [9.17, 15) is 0 Å². The molecule has 6 nitrogen and oxygen atoms in total. The van der Waals surface area contributed by atoms with Gasteiger partial charge in [-0.25, -0.2) is 4.98 Å². The van der Waals surface area contributed by atoms with E-state index < -0.39 is 0 Å². The molecule has 0 bridgehead atoms. The number of likely N-dealkylation sites (tertiary alicyclic amines) is 1. The maximum atomic E-state index is 5.99. The van der Waals surface area contributed by atoms with Crippen molar-refractivity contribution in [2.24, 2.45) is 0 Å². The first-order valence-corrected chi connectivity index (χ1v) is 11.3. The smallest absolute Gasteiger partial charge is 0.219 e. The lowest BCUT2D eigenvalue weighted by atomic mass is 9.93. The summed E-state index contributed by atoms with van der Waals surface area (Å²) < 4.78 is 11.6. The van der Waals surface area contributed by atoms with Gasteiger partial charge in [0.2, 0.25) is 5.88 Å². The van der Waals surface area contributed by atoms with E-state index in [1.54, 1.807) is 7.11 Å². The van der Waals surface area contributed by atoms with Gasteiger partial charge in [-0.05, 0) is 76.1 Å². The number of pyridine rings is 2. The topological polar surface area (TPSA) is 59.5 Å². The van der Waals surface area contributed by atoms with Crippen LogP contribution in [0.2, 0.25) is 0 Å². The molecule has 1 saturated heterocycles. The predicted molar refractivity (Wildman–Crippen MR) is 115 cm³/mol. The van der Waals surface area contributed by atoms with Crippen molar-refractivity contribution in [1.29, 1.82) is 0 Å². The first kappa shape index (κ1) is 19.1. The molecule has 2 fully saturated rings. The molecule has 6 heteroatoms. The zero-order valence-electron chi connectivity index (χ0n) is 17.5. The van der Waals surface area contributed by atoms with Gasteiger partial charge in [-0.1, -0.05) is 0 Å². The fraction of sp³-hybridized carbons (Fsp3) is 0.652. The van der Waals surface area contributed by atoms with Crippen molar-refractivity contribution < 1.29 is 9.47 Å². The third-order valence-electron chi connectivity index (χ3n) is 6.40. The molecule has 1 saturated carbocycles. The van der Waals surface area contributed by atoms with Gasteiger partial charge >= 0.3 is 0 Å². The molecule has 0 unspecified atom stereocenters. The second-order valence-electron chi connectivity index (χ2n) is 8.66. The molecule has 0 atom stereocenters. The summed E-state index contributed by atoms with van der Waals surface area (Å²) in [4.78, 5) is 12.4. The van der Waals surface area contributed by atoms with Crippen molar-refractivity contribution in [3.05, 3.63) is 22.9 Å². The monoisotopic (exact) mass is 396 g/mol. The number of ether oxygens (including phenoxy) is 2. The van der Waals surface area contributed by atoms with Gasteiger partial charge in [0.25, 0.3) is 0 Å². The molecular formula is C23H32N4O2. The van der Waals surface area contributed by atoms with Crippen molar-refractivity contribution >= 4 is 16.7 Å². The van der Waals surface area contributed by atoms with Crippen LogP contribution in [0.1, 0.15) is 55.3 Å². The molecule has 29 heavy (non-hydrogen) atoms. The molecule has 3 aliphatic rings. The number of rotatable bonds is 8. The number of aromatic nitrogens is 2. The minimum atomic E-state index is 0.518. The van der Waals surface area contributed by atoms with E-state index in [0.717, 1.165) is 42.6 Å². The van der Waals surface area contributed by atoms with Crippen molar-refractivity contribution in [1.82, 2.24) is 14.9 Å². The first-order valence-electron chi connectivity index (χ1n) is 11.3. The Morgan fingerprint density at radius 1 is 1.10 bits per heavy atom. The summed E-state index contributed by atoms with van der Waals surface area (Å²) in [5, 5.41) is 3.75. The molecule has 0 spiro atoms. The Bertz CT molecular complexity index is 875. The van der Waals surface area contributed by atoms with Crippen molar-refractivity contribution in [3.63, 3.8) is 0 Å². The van der Waals surface area contributed by atoms with E-state index in [1.807, 2.05) is 0 Å². The van der Waals surface area contributed by atoms with Crippen molar-refractivity contribution in [2.75, 3.05) is 38.7 Å². The van der Waals surface area contributed by atoms with Gasteiger partial charge < -0.3 is 19.7 Å². The van der Waals surface area contributed by atoms with Crippen LogP contribution in [0, 0.1) is 0 Å². The largest absolute Gasteiger partial charge is 0.481 e. The highest BCUT2D eigenvalue weighted by Crippen LogP contribution is 2.37. The summed E-state index contributed by atoms with van der Waals surface area (Å²) in [5.74, 6) is 0.662. The van der Waals surface area contributed by atoms with Crippen LogP contribution in [0.4, 0.5) is 5.69 Å². The lowest BCUT2D eigenvalue weighted by Gasteiger charge is -2.22. The van der Waals surface area contributed by atoms with Gasteiger partial charge in [0.15, 0.2) is 0 Å². The van der Waals surface area contributed by atoms with Gasteiger partial charge in [-0.15, -0.1) is 0 Å². The summed E-state index contributed by atoms with van der Waals surface area (Å²) >= 11 is 0. The van der Waals surface area contributed by atoms with E-state index in [0.29, 0.717) is 18.5 Å². The quantitative estimate of drug-likeness (QED) is 0.687. The van der Waals surface area contributed by atoms with Crippen LogP contribution in [0.3, 0.4) is 0 Å². The van der Waals surface area contributed by atoms with Crippen LogP contribution >= 0.6 is 0 Å². The molecular weight excluding hydrogens is 364 g/mol. The molecule has 156 valence electrons. The van der Waals surface area contributed by atoms with Gasteiger partial charge in [-0.2, -0.15) is 0 Å². The van der Waals surface area contributed by atoms with Gasteiger partial charge in [0.05, 0.1) is 31.5 Å². The molecule has 5 rings (SSSR count). The van der Waals surface area contributed by atoms with Crippen LogP contribution < -0.4 is 10.1 Å². The van der Waals surface area contributed by atoms with Crippen LogP contribution in [-0.2, 0) is 24.2 Å². The summed E-state index contributed by atoms with van der Waals surface area (Å²) in [5.41, 5.74) is 6.73. The fourth-order valence-corrected chi connectivity index (χ4v) is 4.61. The van der Waals surface area contributed by atoms with E-state index in [-0.39, 0.29) is 0 Å². The zero-order valence-corrected chi connectivity index (χ0v) is 17.5. The molecule has 2 aliphatic carbocycles. The average Bonchev–Trinajstić information content (AvgIpc) is 3.42. The molecule has 2 aromatic rings. The van der Waals surface area contributed by atoms with E-state index in [4.69, 9.17) is 19.4 Å². The van der Waals surface area contributed by atoms with E-state index >= 15 is 0 Å². The third-order valence-corrected chi connectivity index (χ3v) is 6.40. The van der Waals surface area contributed by atoms with E-state index in [2.05, 4.69) is 16.3 Å². The van der Waals surface area contributed by atoms with Crippen molar-refractivity contribution in [3.8, 4) is 5.88 Å². The SMILES string of the molecule is COc1nc2c(NC3CC3)c3c(nc2cc1COCCN1CCCC1)CCCC3.